The zero-order valence-corrected chi connectivity index (χ0v) is 33.0. The predicted molar refractivity (Wildman–Crippen MR) is 227 cm³/mol. The van der Waals surface area contributed by atoms with Gasteiger partial charge in [-0.1, -0.05) is 146 Å². The molecule has 0 bridgehead atoms. The molecule has 8 aromatic rings. The van der Waals surface area contributed by atoms with Crippen molar-refractivity contribution in [2.45, 2.75) is 0 Å². The molecule has 0 aromatic heterocycles. The lowest BCUT2D eigenvalue weighted by molar-refractivity contribution is 0.292. The molecule has 10 rings (SSSR count). The average molecular weight is 832 g/mol. The third-order valence-electron chi connectivity index (χ3n) is 9.86. The van der Waals surface area contributed by atoms with Gasteiger partial charge in [0.1, 0.15) is 23.0 Å². The molecule has 8 nitrogen and oxygen atoms in total. The van der Waals surface area contributed by atoms with Gasteiger partial charge in [-0.25, -0.2) is 9.13 Å². The molecule has 8 aromatic carbocycles. The van der Waals surface area contributed by atoms with Crippen LogP contribution in [0.25, 0.3) is 77.2 Å². The summed E-state index contributed by atoms with van der Waals surface area (Å²) in [7, 11) is -9.71. The van der Waals surface area contributed by atoms with E-state index in [9.17, 15) is 18.9 Å². The number of benzene rings is 8. The van der Waals surface area contributed by atoms with Crippen LogP contribution in [0.4, 0.5) is 0 Å². The van der Waals surface area contributed by atoms with Gasteiger partial charge < -0.3 is 18.1 Å². The summed E-state index contributed by atoms with van der Waals surface area (Å²) in [5.74, 6) is 0.500. The van der Waals surface area contributed by atoms with Crippen LogP contribution < -0.4 is 18.1 Å². The van der Waals surface area contributed by atoms with Gasteiger partial charge in [-0.05, 0) is 44.8 Å². The molecule has 0 amide bonds. The van der Waals surface area contributed by atoms with Crippen LogP contribution in [-0.2, 0) is 9.13 Å². The lowest BCUT2D eigenvalue weighted by Gasteiger charge is -2.22. The second-order valence-electron chi connectivity index (χ2n) is 13.2. The SMILES string of the molecule is ClCCl.O=P1(O)Oc2c(-c3ccccc3)cccc2-c2cc3ccccc3c(-c3c4c(cc5ccccc35)-c3cccc(-c5ccccc5)c3OP(=O)(O)O4)c2O1. The number of fused-ring (bicyclic) bond motifs is 8. The highest BCUT2D eigenvalue weighted by Gasteiger charge is 2.40. The van der Waals surface area contributed by atoms with Crippen molar-refractivity contribution in [2.24, 2.45) is 0 Å². The van der Waals surface area contributed by atoms with E-state index >= 15 is 0 Å². The van der Waals surface area contributed by atoms with Gasteiger partial charge >= 0.3 is 15.6 Å². The Bertz CT molecular complexity index is 2760. The van der Waals surface area contributed by atoms with Crippen LogP contribution >= 0.6 is 38.8 Å². The van der Waals surface area contributed by atoms with E-state index in [4.69, 9.17) is 41.3 Å². The molecule has 0 saturated heterocycles. The minimum atomic E-state index is -4.85. The van der Waals surface area contributed by atoms with Crippen LogP contribution in [0.3, 0.4) is 0 Å². The molecular formula is C45H30Cl2O8P2. The first-order chi connectivity index (χ1) is 27.7. The molecule has 2 atom stereocenters. The lowest BCUT2D eigenvalue weighted by Crippen LogP contribution is -2.02. The molecule has 2 aliphatic rings. The molecule has 2 aliphatic heterocycles. The van der Waals surface area contributed by atoms with Crippen molar-refractivity contribution in [3.63, 3.8) is 0 Å². The first-order valence-electron chi connectivity index (χ1n) is 17.7. The number of hydrogen-bond acceptors (Lipinski definition) is 6. The Morgan fingerprint density at radius 3 is 1.14 bits per heavy atom. The van der Waals surface area contributed by atoms with E-state index in [1.165, 1.54) is 0 Å². The summed E-state index contributed by atoms with van der Waals surface area (Å²) in [6, 6.07) is 49.0. The quantitative estimate of drug-likeness (QED) is 0.134. The molecule has 2 unspecified atom stereocenters. The van der Waals surface area contributed by atoms with Crippen LogP contribution in [0.5, 0.6) is 23.0 Å². The smallest absolute Gasteiger partial charge is 0.394 e. The minimum absolute atomic E-state index is 0.0573. The summed E-state index contributed by atoms with van der Waals surface area (Å²) >= 11 is 9.53. The van der Waals surface area contributed by atoms with Crippen molar-refractivity contribution in [2.75, 3.05) is 5.34 Å². The van der Waals surface area contributed by atoms with Crippen molar-refractivity contribution in [3.05, 3.63) is 158 Å². The summed E-state index contributed by atoms with van der Waals surface area (Å²) in [6.07, 6.45) is 0. The van der Waals surface area contributed by atoms with Crippen LogP contribution in [0.1, 0.15) is 0 Å². The van der Waals surface area contributed by atoms with Crippen LogP contribution in [-0.4, -0.2) is 15.1 Å². The Morgan fingerprint density at radius 1 is 0.404 bits per heavy atom. The molecule has 12 heteroatoms. The van der Waals surface area contributed by atoms with E-state index < -0.39 is 15.6 Å². The highest BCUT2D eigenvalue weighted by atomic mass is 35.5. The molecule has 2 heterocycles. The zero-order valence-electron chi connectivity index (χ0n) is 29.7. The molecular weight excluding hydrogens is 801 g/mol. The molecule has 0 saturated carbocycles. The van der Waals surface area contributed by atoms with Gasteiger partial charge in [0.05, 0.1) is 5.34 Å². The van der Waals surface area contributed by atoms with Gasteiger partial charge in [-0.15, -0.1) is 23.2 Å². The molecule has 0 spiro atoms. The number of phosphoric ester groups is 2. The van der Waals surface area contributed by atoms with E-state index in [1.807, 2.05) is 158 Å². The Morgan fingerprint density at radius 2 is 0.737 bits per heavy atom. The van der Waals surface area contributed by atoms with E-state index in [0.717, 1.165) is 21.9 Å². The topological polar surface area (TPSA) is 112 Å². The summed E-state index contributed by atoms with van der Waals surface area (Å²) in [6.45, 7) is 0. The highest BCUT2D eigenvalue weighted by molar-refractivity contribution is 7.48. The molecule has 57 heavy (non-hydrogen) atoms. The fourth-order valence-electron chi connectivity index (χ4n) is 7.63. The van der Waals surface area contributed by atoms with E-state index in [2.05, 4.69) is 0 Å². The van der Waals surface area contributed by atoms with Crippen LogP contribution in [0, 0.1) is 0 Å². The normalized spacial score (nSPS) is 17.7. The zero-order chi connectivity index (χ0) is 39.3. The molecule has 0 radical (unpaired) electrons. The first kappa shape index (κ1) is 37.0. The Hall–Kier alpha value is -5.56. The summed E-state index contributed by atoms with van der Waals surface area (Å²) in [5.41, 5.74) is 5.63. The van der Waals surface area contributed by atoms with Crippen molar-refractivity contribution in [1.82, 2.24) is 0 Å². The highest BCUT2D eigenvalue weighted by Crippen LogP contribution is 2.64. The van der Waals surface area contributed by atoms with E-state index in [0.29, 0.717) is 55.3 Å². The summed E-state index contributed by atoms with van der Waals surface area (Å²) in [4.78, 5) is 23.0. The maximum Gasteiger partial charge on any atom is 0.584 e. The fourth-order valence-corrected chi connectivity index (χ4v) is 9.40. The Labute approximate surface area is 337 Å². The number of rotatable bonds is 3. The summed E-state index contributed by atoms with van der Waals surface area (Å²) in [5, 5.41) is 3.06. The van der Waals surface area contributed by atoms with Crippen LogP contribution in [0.2, 0.25) is 0 Å². The van der Waals surface area contributed by atoms with Gasteiger partial charge in [0.25, 0.3) is 0 Å². The minimum Gasteiger partial charge on any atom is -0.394 e. The number of para-hydroxylation sites is 2. The van der Waals surface area contributed by atoms with Gasteiger partial charge in [-0.2, -0.15) is 0 Å². The fraction of sp³-hybridized carbons (Fsp3) is 0.0222. The van der Waals surface area contributed by atoms with E-state index in [1.54, 1.807) is 0 Å². The Kier molecular flexibility index (Phi) is 9.58. The first-order valence-corrected chi connectivity index (χ1v) is 21.8. The maximum absolute atomic E-state index is 14.1. The van der Waals surface area contributed by atoms with Crippen molar-refractivity contribution in [3.8, 4) is 78.6 Å². The number of alkyl halides is 2. The molecule has 2 N–H and O–H groups in total. The third kappa shape index (κ3) is 6.75. The molecule has 0 fully saturated rings. The average Bonchev–Trinajstić information content (AvgIpc) is 3.41. The monoisotopic (exact) mass is 830 g/mol. The number of phosphoric acid groups is 2. The van der Waals surface area contributed by atoms with Crippen molar-refractivity contribution in [1.29, 1.82) is 0 Å². The third-order valence-corrected chi connectivity index (χ3v) is 11.5. The summed E-state index contributed by atoms with van der Waals surface area (Å²) < 4.78 is 52.4. The molecule has 282 valence electrons. The largest absolute Gasteiger partial charge is 0.584 e. The van der Waals surface area contributed by atoms with Gasteiger partial charge in [0, 0.05) is 44.5 Å². The van der Waals surface area contributed by atoms with E-state index in [-0.39, 0.29) is 28.3 Å². The number of halogens is 2. The number of hydrogen-bond donors (Lipinski definition) is 2. The van der Waals surface area contributed by atoms with Gasteiger partial charge in [-0.3, -0.25) is 9.79 Å². The second kappa shape index (κ2) is 14.7. The molecule has 0 aliphatic carbocycles. The van der Waals surface area contributed by atoms with Gasteiger partial charge in [0.2, 0.25) is 0 Å². The lowest BCUT2D eigenvalue weighted by atomic mass is 9.85. The van der Waals surface area contributed by atoms with Gasteiger partial charge in [0.15, 0.2) is 0 Å². The maximum atomic E-state index is 14.1. The predicted octanol–water partition coefficient (Wildman–Crippen LogP) is 13.5. The van der Waals surface area contributed by atoms with Crippen molar-refractivity contribution < 1.29 is 37.0 Å². The second-order valence-corrected chi connectivity index (χ2v) is 16.6. The standard InChI is InChI=1S/C44H28O8P2.CH2Cl2/c45-53(46)49-41-33(27-13-3-1-4-14-27)21-11-23-35(41)37-25-29-17-7-9-19-31(29)39(43(37)51-53)40-32-20-10-8-18-30(32)26-38-36-24-12-22-34(28-15-5-2-6-16-28)42(36)50-54(47,48)52-44(38)40;2-1-3/h1-26H,(H,45,46)(H,47,48);1H2. The van der Waals surface area contributed by atoms with Crippen molar-refractivity contribution >= 4 is 60.4 Å². The van der Waals surface area contributed by atoms with Crippen LogP contribution in [0.15, 0.2) is 158 Å². The Balaban J connectivity index is 0.00000137.